The fourth-order valence-electron chi connectivity index (χ4n) is 1.97. The van der Waals surface area contributed by atoms with Crippen molar-refractivity contribution < 1.29 is 4.79 Å². The van der Waals surface area contributed by atoms with Crippen molar-refractivity contribution in [2.24, 2.45) is 5.92 Å². The molecule has 0 aromatic heterocycles. The molecule has 1 amide bonds. The Labute approximate surface area is 111 Å². The van der Waals surface area contributed by atoms with Gasteiger partial charge in [-0.3, -0.25) is 4.79 Å². The van der Waals surface area contributed by atoms with Crippen LogP contribution in [0.4, 0.5) is 0 Å². The summed E-state index contributed by atoms with van der Waals surface area (Å²) >= 11 is 5.29. The molecule has 1 fully saturated rings. The van der Waals surface area contributed by atoms with Crippen LogP contribution >= 0.6 is 27.7 Å². The summed E-state index contributed by atoms with van der Waals surface area (Å²) in [6, 6.07) is 0.287. The Kier molecular flexibility index (Phi) is 6.81. The lowest BCUT2D eigenvalue weighted by atomic mass is 10.0. The molecule has 2 atom stereocenters. The fraction of sp³-hybridized carbons (Fsp3) is 0.917. The van der Waals surface area contributed by atoms with Crippen LogP contribution in [0.3, 0.4) is 0 Å². The molecule has 0 aromatic rings. The van der Waals surface area contributed by atoms with Crippen LogP contribution in [0.15, 0.2) is 0 Å². The Morgan fingerprint density at radius 2 is 2.25 bits per heavy atom. The summed E-state index contributed by atoms with van der Waals surface area (Å²) in [7, 11) is 0. The number of hydrogen-bond donors (Lipinski definition) is 1. The van der Waals surface area contributed by atoms with Crippen molar-refractivity contribution in [2.45, 2.75) is 50.8 Å². The molecule has 2 nitrogen and oxygen atoms in total. The third-order valence-electron chi connectivity index (χ3n) is 2.76. The molecule has 1 saturated heterocycles. The van der Waals surface area contributed by atoms with Crippen molar-refractivity contribution >= 4 is 33.6 Å². The summed E-state index contributed by atoms with van der Waals surface area (Å²) in [6.45, 7) is 4.38. The Morgan fingerprint density at radius 1 is 1.50 bits per heavy atom. The van der Waals surface area contributed by atoms with E-state index >= 15 is 0 Å². The summed E-state index contributed by atoms with van der Waals surface area (Å²) < 4.78 is 0. The summed E-state index contributed by atoms with van der Waals surface area (Å²) in [6.07, 6.45) is 4.57. The number of amides is 1. The van der Waals surface area contributed by atoms with Crippen LogP contribution < -0.4 is 5.32 Å². The molecular weight excluding hydrogens is 286 g/mol. The molecule has 1 rings (SSSR count). The summed E-state index contributed by atoms with van der Waals surface area (Å²) in [5, 5.41) is 4.21. The maximum absolute atomic E-state index is 12.0. The van der Waals surface area contributed by atoms with Crippen LogP contribution in [0, 0.1) is 5.92 Å². The van der Waals surface area contributed by atoms with E-state index < -0.39 is 0 Å². The Bertz CT molecular complexity index is 217. The SMILES string of the molecule is CC(C)CC(CBr)NC(=O)C1CCCCS1. The van der Waals surface area contributed by atoms with Gasteiger partial charge in [-0.2, -0.15) is 0 Å². The average Bonchev–Trinajstić information content (AvgIpc) is 2.28. The zero-order valence-electron chi connectivity index (χ0n) is 10.2. The largest absolute Gasteiger partial charge is 0.352 e. The number of hydrogen-bond acceptors (Lipinski definition) is 2. The second-order valence-corrected chi connectivity index (χ2v) is 6.80. The van der Waals surface area contributed by atoms with Crippen LogP contribution in [-0.4, -0.2) is 28.3 Å². The molecule has 0 spiro atoms. The second kappa shape index (κ2) is 7.59. The maximum Gasteiger partial charge on any atom is 0.233 e. The van der Waals surface area contributed by atoms with Gasteiger partial charge in [0.05, 0.1) is 5.25 Å². The van der Waals surface area contributed by atoms with Gasteiger partial charge in [0.2, 0.25) is 5.91 Å². The van der Waals surface area contributed by atoms with E-state index in [9.17, 15) is 4.79 Å². The van der Waals surface area contributed by atoms with E-state index in [2.05, 4.69) is 35.1 Å². The minimum absolute atomic E-state index is 0.197. The van der Waals surface area contributed by atoms with Gasteiger partial charge in [0.25, 0.3) is 0 Å². The van der Waals surface area contributed by atoms with Gasteiger partial charge in [0, 0.05) is 11.4 Å². The van der Waals surface area contributed by atoms with Gasteiger partial charge in [-0.15, -0.1) is 11.8 Å². The number of alkyl halides is 1. The number of nitrogens with one attached hydrogen (secondary N) is 1. The zero-order valence-corrected chi connectivity index (χ0v) is 12.6. The number of carbonyl (C=O) groups is 1. The predicted molar refractivity (Wildman–Crippen MR) is 75.3 cm³/mol. The first-order valence-corrected chi connectivity index (χ1v) is 8.28. The van der Waals surface area contributed by atoms with Crippen LogP contribution in [0.25, 0.3) is 0 Å². The third kappa shape index (κ3) is 5.09. The van der Waals surface area contributed by atoms with E-state index in [4.69, 9.17) is 0 Å². The van der Waals surface area contributed by atoms with Crippen molar-refractivity contribution in [2.75, 3.05) is 11.1 Å². The zero-order chi connectivity index (χ0) is 12.0. The van der Waals surface area contributed by atoms with Gasteiger partial charge in [0.15, 0.2) is 0 Å². The van der Waals surface area contributed by atoms with Gasteiger partial charge in [-0.25, -0.2) is 0 Å². The Morgan fingerprint density at radius 3 is 2.75 bits per heavy atom. The normalized spacial score (nSPS) is 23.1. The minimum atomic E-state index is 0.197. The molecule has 94 valence electrons. The van der Waals surface area contributed by atoms with E-state index in [0.29, 0.717) is 5.92 Å². The second-order valence-electron chi connectivity index (χ2n) is 4.84. The molecule has 0 aliphatic carbocycles. The monoisotopic (exact) mass is 307 g/mol. The van der Waals surface area contributed by atoms with Crippen molar-refractivity contribution in [3.63, 3.8) is 0 Å². The highest BCUT2D eigenvalue weighted by Crippen LogP contribution is 2.25. The van der Waals surface area contributed by atoms with E-state index in [1.165, 1.54) is 12.8 Å². The number of halogens is 1. The van der Waals surface area contributed by atoms with E-state index in [0.717, 1.165) is 23.9 Å². The number of rotatable bonds is 5. The molecule has 4 heteroatoms. The molecule has 0 bridgehead atoms. The predicted octanol–water partition coefficient (Wildman–Crippen LogP) is 3.20. The van der Waals surface area contributed by atoms with Crippen molar-refractivity contribution in [1.29, 1.82) is 0 Å². The van der Waals surface area contributed by atoms with Crippen molar-refractivity contribution in [1.82, 2.24) is 5.32 Å². The lowest BCUT2D eigenvalue weighted by Crippen LogP contribution is -2.42. The molecule has 0 aromatic carbocycles. The highest BCUT2D eigenvalue weighted by atomic mass is 79.9. The van der Waals surface area contributed by atoms with Gasteiger partial charge in [-0.05, 0) is 30.9 Å². The van der Waals surface area contributed by atoms with Crippen molar-refractivity contribution in [3.8, 4) is 0 Å². The van der Waals surface area contributed by atoms with Crippen LogP contribution in [0.2, 0.25) is 0 Å². The van der Waals surface area contributed by atoms with E-state index in [1.807, 2.05) is 11.8 Å². The highest BCUT2D eigenvalue weighted by molar-refractivity contribution is 9.09. The molecule has 16 heavy (non-hydrogen) atoms. The maximum atomic E-state index is 12.0. The first-order valence-electron chi connectivity index (χ1n) is 6.11. The summed E-state index contributed by atoms with van der Waals surface area (Å²) in [4.78, 5) is 12.0. The number of thioether (sulfide) groups is 1. The molecular formula is C12H22BrNOS. The standard InChI is InChI=1S/C12H22BrNOS/c1-9(2)7-10(8-13)14-12(15)11-5-3-4-6-16-11/h9-11H,3-8H2,1-2H3,(H,14,15). The van der Waals surface area contributed by atoms with Gasteiger partial charge < -0.3 is 5.32 Å². The molecule has 1 heterocycles. The molecule has 0 radical (unpaired) electrons. The van der Waals surface area contributed by atoms with Crippen LogP contribution in [-0.2, 0) is 4.79 Å². The Hall–Kier alpha value is 0.300. The smallest absolute Gasteiger partial charge is 0.233 e. The highest BCUT2D eigenvalue weighted by Gasteiger charge is 2.23. The molecule has 1 N–H and O–H groups in total. The first kappa shape index (κ1) is 14.4. The van der Waals surface area contributed by atoms with Gasteiger partial charge in [-0.1, -0.05) is 36.2 Å². The third-order valence-corrected chi connectivity index (χ3v) is 4.92. The minimum Gasteiger partial charge on any atom is -0.352 e. The van der Waals surface area contributed by atoms with Gasteiger partial charge >= 0.3 is 0 Å². The van der Waals surface area contributed by atoms with Crippen LogP contribution in [0.1, 0.15) is 39.5 Å². The van der Waals surface area contributed by atoms with Gasteiger partial charge in [0.1, 0.15) is 0 Å². The van der Waals surface area contributed by atoms with E-state index in [1.54, 1.807) is 0 Å². The molecule has 1 aliphatic rings. The molecule has 2 unspecified atom stereocenters. The van der Waals surface area contributed by atoms with Crippen LogP contribution in [0.5, 0.6) is 0 Å². The topological polar surface area (TPSA) is 29.1 Å². The first-order chi connectivity index (χ1) is 7.63. The quantitative estimate of drug-likeness (QED) is 0.790. The lowest BCUT2D eigenvalue weighted by Gasteiger charge is -2.24. The van der Waals surface area contributed by atoms with Crippen molar-refractivity contribution in [3.05, 3.63) is 0 Å². The lowest BCUT2D eigenvalue weighted by molar-refractivity contribution is -0.121. The summed E-state index contributed by atoms with van der Waals surface area (Å²) in [5.74, 6) is 2.01. The van der Waals surface area contributed by atoms with E-state index in [-0.39, 0.29) is 17.2 Å². The molecule has 0 saturated carbocycles. The molecule has 1 aliphatic heterocycles. The Balaban J connectivity index is 2.35. The fourth-order valence-corrected chi connectivity index (χ4v) is 3.61. The average molecular weight is 308 g/mol. The number of carbonyl (C=O) groups excluding carboxylic acids is 1. The summed E-state index contributed by atoms with van der Waals surface area (Å²) in [5.41, 5.74) is 0.